The molecule has 190 valence electrons. The Morgan fingerprint density at radius 2 is 1.57 bits per heavy atom. The van der Waals surface area contributed by atoms with Crippen LogP contribution in [0, 0.1) is 5.82 Å². The van der Waals surface area contributed by atoms with Gasteiger partial charge < -0.3 is 21.3 Å². The average Bonchev–Trinajstić information content (AvgIpc) is 3.62. The quantitative estimate of drug-likeness (QED) is 0.282. The molecule has 1 amide bonds. The summed E-state index contributed by atoms with van der Waals surface area (Å²) in [5, 5.41) is 17.9. The van der Waals surface area contributed by atoms with Gasteiger partial charge >= 0.3 is 0 Å². The van der Waals surface area contributed by atoms with Crippen molar-refractivity contribution in [3.63, 3.8) is 0 Å². The summed E-state index contributed by atoms with van der Waals surface area (Å²) in [4.78, 5) is 25.6. The van der Waals surface area contributed by atoms with Crippen LogP contribution in [0.4, 0.5) is 27.4 Å². The van der Waals surface area contributed by atoms with Gasteiger partial charge in [-0.25, -0.2) is 18.9 Å². The Balaban J connectivity index is 1.19. The van der Waals surface area contributed by atoms with Crippen LogP contribution in [0.5, 0.6) is 0 Å². The molecule has 2 saturated carbocycles. The van der Waals surface area contributed by atoms with Crippen molar-refractivity contribution in [2.75, 3.05) is 21.3 Å². The Bertz CT molecular complexity index is 1400. The van der Waals surface area contributed by atoms with E-state index in [4.69, 9.17) is 5.10 Å². The van der Waals surface area contributed by atoms with Crippen LogP contribution in [-0.2, 0) is 0 Å². The van der Waals surface area contributed by atoms with Gasteiger partial charge in [0.2, 0.25) is 0 Å². The second kappa shape index (κ2) is 10.00. The lowest BCUT2D eigenvalue weighted by molar-refractivity contribution is 0.102. The van der Waals surface area contributed by atoms with Gasteiger partial charge in [0.15, 0.2) is 17.2 Å². The third-order valence-electron chi connectivity index (χ3n) is 6.75. The Labute approximate surface area is 213 Å². The van der Waals surface area contributed by atoms with E-state index in [0.29, 0.717) is 23.5 Å². The molecule has 10 nitrogen and oxygen atoms in total. The number of amides is 1. The molecule has 2 aliphatic carbocycles. The number of nitrogens with one attached hydrogen (secondary N) is 4. The van der Waals surface area contributed by atoms with Crippen molar-refractivity contribution in [3.8, 4) is 0 Å². The minimum atomic E-state index is -0.607. The van der Waals surface area contributed by atoms with Gasteiger partial charge in [-0.15, -0.1) is 5.10 Å². The molecular formula is C26H28FN9O. The van der Waals surface area contributed by atoms with Gasteiger partial charge in [0.1, 0.15) is 11.6 Å². The molecule has 4 aromatic heterocycles. The molecule has 6 rings (SSSR count). The van der Waals surface area contributed by atoms with E-state index in [1.807, 2.05) is 24.3 Å². The van der Waals surface area contributed by atoms with Gasteiger partial charge in [0.25, 0.3) is 5.91 Å². The Morgan fingerprint density at radius 1 is 0.838 bits per heavy atom. The number of carbonyl (C=O) groups is 1. The van der Waals surface area contributed by atoms with Crippen LogP contribution in [0.25, 0.3) is 5.65 Å². The number of halogens is 1. The highest BCUT2D eigenvalue weighted by Crippen LogP contribution is 2.30. The van der Waals surface area contributed by atoms with E-state index in [1.54, 1.807) is 6.20 Å². The first-order valence-electron chi connectivity index (χ1n) is 12.6. The lowest BCUT2D eigenvalue weighted by atomic mass is 9.91. The zero-order valence-corrected chi connectivity index (χ0v) is 20.2. The van der Waals surface area contributed by atoms with Crippen molar-refractivity contribution in [1.82, 2.24) is 24.6 Å². The summed E-state index contributed by atoms with van der Waals surface area (Å²) < 4.78 is 15.6. The lowest BCUT2D eigenvalue weighted by Crippen LogP contribution is -2.33. The molecule has 4 heterocycles. The maximum absolute atomic E-state index is 14.1. The standard InChI is InChI=1S/C26H28FN9O/c27-19-14-28-12-10-20(19)34-26(37)22-15-30-25-21(31-16-4-5-16)13-24(35-36(22)25)33-18-8-6-17(7-9-18)32-23-3-1-2-11-29-23/h1-3,10-18,31H,4-9H2,(H,29,32)(H,33,35)(H,28,34,37). The van der Waals surface area contributed by atoms with E-state index in [9.17, 15) is 9.18 Å². The molecule has 0 spiro atoms. The maximum Gasteiger partial charge on any atom is 0.276 e. The van der Waals surface area contributed by atoms with Crippen LogP contribution >= 0.6 is 0 Å². The van der Waals surface area contributed by atoms with Gasteiger partial charge in [-0.1, -0.05) is 6.07 Å². The fourth-order valence-corrected chi connectivity index (χ4v) is 4.66. The second-order valence-electron chi connectivity index (χ2n) is 9.60. The van der Waals surface area contributed by atoms with Gasteiger partial charge in [-0.05, 0) is 56.7 Å². The minimum absolute atomic E-state index is 0.0524. The van der Waals surface area contributed by atoms with Crippen molar-refractivity contribution in [2.24, 2.45) is 0 Å². The number of carbonyl (C=O) groups excluding carboxylic acids is 1. The lowest BCUT2D eigenvalue weighted by Gasteiger charge is -2.30. The first-order chi connectivity index (χ1) is 18.1. The van der Waals surface area contributed by atoms with E-state index in [2.05, 4.69) is 36.2 Å². The number of hydrogen-bond donors (Lipinski definition) is 4. The summed E-state index contributed by atoms with van der Waals surface area (Å²) in [7, 11) is 0. The van der Waals surface area contributed by atoms with Crippen LogP contribution in [0.2, 0.25) is 0 Å². The van der Waals surface area contributed by atoms with Crippen LogP contribution in [0.15, 0.2) is 55.1 Å². The van der Waals surface area contributed by atoms with E-state index in [1.165, 1.54) is 23.0 Å². The summed E-state index contributed by atoms with van der Waals surface area (Å²) in [5.74, 6) is 0.461. The summed E-state index contributed by atoms with van der Waals surface area (Å²) in [6, 6.07) is 10.3. The van der Waals surface area contributed by atoms with Crippen molar-refractivity contribution in [1.29, 1.82) is 0 Å². The molecule has 4 aromatic rings. The molecule has 0 unspecified atom stereocenters. The smallest absolute Gasteiger partial charge is 0.276 e. The fourth-order valence-electron chi connectivity index (χ4n) is 4.66. The van der Waals surface area contributed by atoms with Gasteiger partial charge in [-0.2, -0.15) is 0 Å². The van der Waals surface area contributed by atoms with Crippen LogP contribution in [0.1, 0.15) is 49.0 Å². The number of imidazole rings is 1. The molecule has 0 atom stereocenters. The molecule has 0 aliphatic heterocycles. The predicted molar refractivity (Wildman–Crippen MR) is 139 cm³/mol. The number of nitrogens with zero attached hydrogens (tertiary/aromatic N) is 5. The molecule has 0 radical (unpaired) electrons. The van der Waals surface area contributed by atoms with Crippen molar-refractivity contribution >= 4 is 34.6 Å². The largest absolute Gasteiger partial charge is 0.379 e. The van der Waals surface area contributed by atoms with E-state index < -0.39 is 11.7 Å². The highest BCUT2D eigenvalue weighted by Gasteiger charge is 2.26. The minimum Gasteiger partial charge on any atom is -0.379 e. The van der Waals surface area contributed by atoms with Crippen molar-refractivity contribution in [2.45, 2.75) is 56.7 Å². The third kappa shape index (κ3) is 5.30. The molecule has 37 heavy (non-hydrogen) atoms. The Kier molecular flexibility index (Phi) is 6.25. The molecule has 0 aromatic carbocycles. The van der Waals surface area contributed by atoms with Crippen LogP contribution in [0.3, 0.4) is 0 Å². The van der Waals surface area contributed by atoms with Crippen LogP contribution in [-0.4, -0.2) is 48.6 Å². The number of rotatable bonds is 8. The normalized spacial score (nSPS) is 19.4. The Morgan fingerprint density at radius 3 is 2.27 bits per heavy atom. The van der Waals surface area contributed by atoms with Gasteiger partial charge in [0, 0.05) is 36.6 Å². The SMILES string of the molecule is O=C(Nc1ccncc1F)c1cnc2c(NC3CC3)cc(NC3CCC(Nc4ccccn4)CC3)nn12. The van der Waals surface area contributed by atoms with E-state index in [0.717, 1.165) is 56.2 Å². The monoisotopic (exact) mass is 501 g/mol. The van der Waals surface area contributed by atoms with E-state index >= 15 is 0 Å². The summed E-state index contributed by atoms with van der Waals surface area (Å²) in [5.41, 5.74) is 1.65. The predicted octanol–water partition coefficient (Wildman–Crippen LogP) is 4.32. The molecule has 4 N–H and O–H groups in total. The second-order valence-corrected chi connectivity index (χ2v) is 9.60. The topological polar surface area (TPSA) is 121 Å². The first-order valence-corrected chi connectivity index (χ1v) is 12.6. The molecule has 11 heteroatoms. The summed E-state index contributed by atoms with van der Waals surface area (Å²) in [6.45, 7) is 0. The van der Waals surface area contributed by atoms with Crippen molar-refractivity contribution in [3.05, 3.63) is 66.6 Å². The summed E-state index contributed by atoms with van der Waals surface area (Å²) >= 11 is 0. The van der Waals surface area contributed by atoms with Gasteiger partial charge in [-0.3, -0.25) is 9.78 Å². The van der Waals surface area contributed by atoms with Gasteiger partial charge in [0.05, 0.1) is 23.8 Å². The molecular weight excluding hydrogens is 473 g/mol. The molecule has 2 aliphatic rings. The molecule has 0 bridgehead atoms. The number of anilines is 4. The molecule has 2 fully saturated rings. The maximum atomic E-state index is 14.1. The number of hydrogen-bond acceptors (Lipinski definition) is 8. The highest BCUT2D eigenvalue weighted by molar-refractivity contribution is 6.03. The summed E-state index contributed by atoms with van der Waals surface area (Å²) in [6.07, 6.45) is 11.9. The fraction of sp³-hybridized carbons (Fsp3) is 0.346. The number of pyridine rings is 2. The zero-order chi connectivity index (χ0) is 25.2. The number of aromatic nitrogens is 5. The van der Waals surface area contributed by atoms with Crippen LogP contribution < -0.4 is 21.3 Å². The first kappa shape index (κ1) is 23.1. The number of fused-ring (bicyclic) bond motifs is 1. The Hall–Kier alpha value is -4.28. The third-order valence-corrected chi connectivity index (χ3v) is 6.75. The molecule has 0 saturated heterocycles. The average molecular weight is 502 g/mol. The van der Waals surface area contributed by atoms with E-state index in [-0.39, 0.29) is 17.4 Å². The highest BCUT2D eigenvalue weighted by atomic mass is 19.1. The zero-order valence-electron chi connectivity index (χ0n) is 20.2. The van der Waals surface area contributed by atoms with Crippen molar-refractivity contribution < 1.29 is 9.18 Å².